The van der Waals surface area contributed by atoms with Crippen LogP contribution in [-0.2, 0) is 9.53 Å². The van der Waals surface area contributed by atoms with Gasteiger partial charge < -0.3 is 4.74 Å². The first-order chi connectivity index (χ1) is 15.1. The Balaban J connectivity index is 1.42. The second-order valence-electron chi connectivity index (χ2n) is 13.2. The highest BCUT2D eigenvalue weighted by atomic mass is 16.5. The van der Waals surface area contributed by atoms with E-state index in [9.17, 15) is 4.79 Å². The van der Waals surface area contributed by atoms with Crippen molar-refractivity contribution in [2.45, 2.75) is 125 Å². The van der Waals surface area contributed by atoms with Gasteiger partial charge in [0, 0.05) is 6.42 Å². The first-order valence-electron chi connectivity index (χ1n) is 14.0. The quantitative estimate of drug-likeness (QED) is 0.225. The van der Waals surface area contributed by atoms with Crippen molar-refractivity contribution in [1.29, 1.82) is 0 Å². The summed E-state index contributed by atoms with van der Waals surface area (Å²) in [5.41, 5.74) is 2.56. The highest BCUT2D eigenvalue weighted by Crippen LogP contribution is 2.66. The highest BCUT2D eigenvalue weighted by Gasteiger charge is 2.58. The lowest BCUT2D eigenvalue weighted by molar-refractivity contribution is -0.155. The summed E-state index contributed by atoms with van der Waals surface area (Å²) in [7, 11) is 0. The maximum absolute atomic E-state index is 12.2. The topological polar surface area (TPSA) is 26.3 Å². The molecule has 4 aliphatic carbocycles. The van der Waals surface area contributed by atoms with Crippen LogP contribution in [-0.4, -0.2) is 12.1 Å². The molecule has 0 spiro atoms. The van der Waals surface area contributed by atoms with Crippen LogP contribution in [0.4, 0.5) is 0 Å². The van der Waals surface area contributed by atoms with Gasteiger partial charge in [-0.2, -0.15) is 0 Å². The van der Waals surface area contributed by atoms with Gasteiger partial charge in [0.15, 0.2) is 0 Å². The Morgan fingerprint density at radius 3 is 2.53 bits per heavy atom. The Hall–Kier alpha value is -0.790. The summed E-state index contributed by atoms with van der Waals surface area (Å²) in [6.07, 6.45) is 18.8. The van der Waals surface area contributed by atoms with E-state index >= 15 is 0 Å². The molecule has 2 heteroatoms. The molecule has 0 bridgehead atoms. The number of esters is 1. The van der Waals surface area contributed by atoms with Crippen LogP contribution in [0.2, 0.25) is 0 Å². The lowest BCUT2D eigenvalue weighted by Gasteiger charge is -2.58. The Bertz CT molecular complexity index is 706. The molecule has 0 aromatic heterocycles. The van der Waals surface area contributed by atoms with Crippen molar-refractivity contribution in [3.8, 4) is 0 Å². The smallest absolute Gasteiger partial charge is 0.308 e. The number of fused-ring (bicyclic) bond motifs is 5. The number of carbonyl (C=O) groups excluding carboxylic acids is 1. The second-order valence-corrected chi connectivity index (χ2v) is 13.2. The van der Waals surface area contributed by atoms with E-state index < -0.39 is 0 Å². The molecule has 3 saturated carbocycles. The number of rotatable bonds is 7. The minimum absolute atomic E-state index is 0.0216. The minimum atomic E-state index is -0.0234. The average Bonchev–Trinajstić information content (AvgIpc) is 3.07. The molecule has 0 aliphatic heterocycles. The molecule has 0 heterocycles. The molecule has 182 valence electrons. The van der Waals surface area contributed by atoms with Crippen molar-refractivity contribution in [3.05, 3.63) is 11.6 Å². The summed E-state index contributed by atoms with van der Waals surface area (Å²) in [4.78, 5) is 12.2. The van der Waals surface area contributed by atoms with Crippen LogP contribution in [0.15, 0.2) is 11.6 Å². The van der Waals surface area contributed by atoms with Crippen molar-refractivity contribution in [1.82, 2.24) is 0 Å². The van der Waals surface area contributed by atoms with Crippen LogP contribution in [0.5, 0.6) is 0 Å². The van der Waals surface area contributed by atoms with Gasteiger partial charge in [0.2, 0.25) is 0 Å². The standard InChI is InChI=1S/C30H50O2/c1-20(2)9-7-8-10-22-12-14-26-25-13-11-23-19-24(32-28(31)21(3)4)15-17-30(23,6)27(25)16-18-29(22,26)5/h11,20-22,24-27H,7-10,12-19H2,1-6H3. The maximum Gasteiger partial charge on any atom is 0.308 e. The highest BCUT2D eigenvalue weighted by molar-refractivity contribution is 5.71. The summed E-state index contributed by atoms with van der Waals surface area (Å²) < 4.78 is 5.86. The average molecular weight is 443 g/mol. The largest absolute Gasteiger partial charge is 0.462 e. The lowest BCUT2D eigenvalue weighted by atomic mass is 9.47. The van der Waals surface area contributed by atoms with E-state index in [4.69, 9.17) is 4.74 Å². The van der Waals surface area contributed by atoms with Crippen LogP contribution in [0, 0.1) is 46.3 Å². The Kier molecular flexibility index (Phi) is 7.19. The summed E-state index contributed by atoms with van der Waals surface area (Å²) in [6, 6.07) is 0. The molecule has 3 fully saturated rings. The number of ether oxygens (including phenoxy) is 1. The van der Waals surface area contributed by atoms with Gasteiger partial charge in [-0.05, 0) is 91.8 Å². The third-order valence-electron chi connectivity index (χ3n) is 10.6. The van der Waals surface area contributed by atoms with E-state index in [1.807, 2.05) is 13.8 Å². The predicted octanol–water partition coefficient (Wildman–Crippen LogP) is 8.35. The summed E-state index contributed by atoms with van der Waals surface area (Å²) >= 11 is 0. The molecule has 4 aliphatic rings. The van der Waals surface area contributed by atoms with Crippen LogP contribution in [0.25, 0.3) is 0 Å². The molecule has 0 amide bonds. The molecule has 7 atom stereocenters. The van der Waals surface area contributed by atoms with Crippen LogP contribution in [0.1, 0.15) is 119 Å². The third-order valence-corrected chi connectivity index (χ3v) is 10.6. The van der Waals surface area contributed by atoms with E-state index in [0.29, 0.717) is 10.8 Å². The molecule has 7 unspecified atom stereocenters. The number of carbonyl (C=O) groups is 1. The number of allylic oxidation sites excluding steroid dienone is 1. The Labute approximate surface area is 198 Å². The Morgan fingerprint density at radius 1 is 1.03 bits per heavy atom. The van der Waals surface area contributed by atoms with Gasteiger partial charge in [-0.25, -0.2) is 0 Å². The zero-order valence-electron chi connectivity index (χ0n) is 21.9. The predicted molar refractivity (Wildman–Crippen MR) is 133 cm³/mol. The van der Waals surface area contributed by atoms with Crippen molar-refractivity contribution >= 4 is 5.97 Å². The molecule has 0 saturated heterocycles. The molecule has 0 aromatic carbocycles. The summed E-state index contributed by atoms with van der Waals surface area (Å²) in [6.45, 7) is 13.9. The Morgan fingerprint density at radius 2 is 1.81 bits per heavy atom. The lowest BCUT2D eigenvalue weighted by Crippen LogP contribution is -2.50. The fraction of sp³-hybridized carbons (Fsp3) is 0.900. The van der Waals surface area contributed by atoms with Gasteiger partial charge in [-0.3, -0.25) is 4.79 Å². The van der Waals surface area contributed by atoms with Gasteiger partial charge in [0.1, 0.15) is 6.10 Å². The van der Waals surface area contributed by atoms with E-state index in [2.05, 4.69) is 33.8 Å². The molecule has 2 nitrogen and oxygen atoms in total. The fourth-order valence-electron chi connectivity index (χ4n) is 8.55. The van der Waals surface area contributed by atoms with Crippen molar-refractivity contribution in [3.63, 3.8) is 0 Å². The van der Waals surface area contributed by atoms with E-state index in [1.54, 1.807) is 5.57 Å². The molecule has 0 N–H and O–H groups in total. The second kappa shape index (κ2) is 9.46. The third kappa shape index (κ3) is 4.46. The fourth-order valence-corrected chi connectivity index (χ4v) is 8.55. The van der Waals surface area contributed by atoms with E-state index in [-0.39, 0.29) is 18.0 Å². The van der Waals surface area contributed by atoms with Gasteiger partial charge in [-0.15, -0.1) is 0 Å². The molecular formula is C30H50O2. The number of hydrogen-bond donors (Lipinski definition) is 0. The summed E-state index contributed by atoms with van der Waals surface area (Å²) in [5.74, 6) is 4.44. The van der Waals surface area contributed by atoms with E-state index in [1.165, 1.54) is 64.2 Å². The normalized spacial score (nSPS) is 41.1. The zero-order valence-corrected chi connectivity index (χ0v) is 21.9. The van der Waals surface area contributed by atoms with Crippen LogP contribution in [0.3, 0.4) is 0 Å². The van der Waals surface area contributed by atoms with E-state index in [0.717, 1.165) is 42.4 Å². The molecule has 4 rings (SSSR count). The maximum atomic E-state index is 12.2. The SMILES string of the molecule is CC(C)CCCCC1CCC2C3CC=C4CC(OC(=O)C(C)C)CCC4(C)C3CCC12C. The number of hydrogen-bond acceptors (Lipinski definition) is 2. The molecule has 32 heavy (non-hydrogen) atoms. The van der Waals surface area contributed by atoms with Gasteiger partial charge in [0.05, 0.1) is 5.92 Å². The molecule has 0 aromatic rings. The zero-order chi connectivity index (χ0) is 23.1. The van der Waals surface area contributed by atoms with Crippen molar-refractivity contribution in [2.24, 2.45) is 46.3 Å². The van der Waals surface area contributed by atoms with Gasteiger partial charge in [0.25, 0.3) is 0 Å². The minimum Gasteiger partial charge on any atom is -0.462 e. The van der Waals surface area contributed by atoms with Crippen molar-refractivity contribution in [2.75, 3.05) is 0 Å². The first kappa shape index (κ1) is 24.3. The first-order valence-corrected chi connectivity index (χ1v) is 14.0. The van der Waals surface area contributed by atoms with Crippen LogP contribution >= 0.6 is 0 Å². The van der Waals surface area contributed by atoms with Gasteiger partial charge >= 0.3 is 5.97 Å². The van der Waals surface area contributed by atoms with Gasteiger partial charge in [-0.1, -0.05) is 72.5 Å². The van der Waals surface area contributed by atoms with Crippen LogP contribution < -0.4 is 0 Å². The number of unbranched alkanes of at least 4 members (excludes halogenated alkanes) is 1. The molecule has 0 radical (unpaired) electrons. The van der Waals surface area contributed by atoms with Crippen molar-refractivity contribution < 1.29 is 9.53 Å². The monoisotopic (exact) mass is 442 g/mol. The summed E-state index contributed by atoms with van der Waals surface area (Å²) in [5, 5.41) is 0. The molecular weight excluding hydrogens is 392 g/mol.